The molecule has 0 bridgehead atoms. The Morgan fingerprint density at radius 3 is 2.86 bits per heavy atom. The summed E-state index contributed by atoms with van der Waals surface area (Å²) in [5.41, 5.74) is 8.48. The molecule has 0 aliphatic heterocycles. The molecule has 2 aromatic rings. The second-order valence-corrected chi connectivity index (χ2v) is 5.85. The molecular weight excluding hydrogens is 330 g/mol. The van der Waals surface area contributed by atoms with Crippen molar-refractivity contribution >= 4 is 15.9 Å². The van der Waals surface area contributed by atoms with E-state index >= 15 is 0 Å². The molecule has 0 aliphatic rings. The predicted molar refractivity (Wildman–Crippen MR) is 88.5 cm³/mol. The van der Waals surface area contributed by atoms with Gasteiger partial charge in [-0.2, -0.15) is 5.10 Å². The fourth-order valence-corrected chi connectivity index (χ4v) is 2.79. The van der Waals surface area contributed by atoms with E-state index < -0.39 is 0 Å². The van der Waals surface area contributed by atoms with Crippen LogP contribution in [-0.4, -0.2) is 16.4 Å². The number of ether oxygens (including phenoxy) is 1. The summed E-state index contributed by atoms with van der Waals surface area (Å²) >= 11 is 3.55. The summed E-state index contributed by atoms with van der Waals surface area (Å²) in [6.45, 7) is 5.80. The molecule has 114 valence electrons. The van der Waals surface area contributed by atoms with Crippen LogP contribution in [0.3, 0.4) is 0 Å². The average Bonchev–Trinajstić information content (AvgIpc) is 2.86. The van der Waals surface area contributed by atoms with Crippen LogP contribution in [0.5, 0.6) is 5.75 Å². The van der Waals surface area contributed by atoms with Crippen LogP contribution in [0, 0.1) is 0 Å². The predicted octanol–water partition coefficient (Wildman–Crippen LogP) is 3.89. The lowest BCUT2D eigenvalue weighted by Crippen LogP contribution is -2.18. The lowest BCUT2D eigenvalue weighted by atomic mass is 10.0. The molecule has 0 radical (unpaired) electrons. The molecule has 1 unspecified atom stereocenters. The molecule has 1 atom stereocenters. The molecule has 21 heavy (non-hydrogen) atoms. The minimum atomic E-state index is -0.224. The van der Waals surface area contributed by atoms with Gasteiger partial charge in [-0.05, 0) is 46.5 Å². The normalized spacial score (nSPS) is 12.4. The number of hydrogen-bond acceptors (Lipinski definition) is 3. The molecule has 0 aliphatic carbocycles. The maximum Gasteiger partial charge on any atom is 0.119 e. The molecule has 1 heterocycles. The summed E-state index contributed by atoms with van der Waals surface area (Å²) in [6, 6.07) is 7.76. The minimum absolute atomic E-state index is 0.224. The monoisotopic (exact) mass is 351 g/mol. The van der Waals surface area contributed by atoms with Crippen molar-refractivity contribution in [1.29, 1.82) is 0 Å². The van der Waals surface area contributed by atoms with E-state index in [9.17, 15) is 0 Å². The van der Waals surface area contributed by atoms with Gasteiger partial charge in [-0.3, -0.25) is 4.68 Å². The van der Waals surface area contributed by atoms with E-state index in [1.54, 1.807) is 0 Å². The molecule has 2 rings (SSSR count). The van der Waals surface area contributed by atoms with E-state index in [1.165, 1.54) is 0 Å². The van der Waals surface area contributed by atoms with Crippen molar-refractivity contribution in [3.63, 3.8) is 0 Å². The Balaban J connectivity index is 2.27. The van der Waals surface area contributed by atoms with Crippen molar-refractivity contribution < 1.29 is 4.74 Å². The van der Waals surface area contributed by atoms with Crippen LogP contribution in [0.25, 0.3) is 0 Å². The van der Waals surface area contributed by atoms with E-state index in [-0.39, 0.29) is 6.04 Å². The number of aryl methyl sites for hydroxylation is 1. The third-order valence-corrected chi connectivity index (χ3v) is 3.86. The van der Waals surface area contributed by atoms with Crippen LogP contribution >= 0.6 is 15.9 Å². The van der Waals surface area contributed by atoms with Gasteiger partial charge in [-0.15, -0.1) is 0 Å². The molecular formula is C16H22BrN3O. The summed E-state index contributed by atoms with van der Waals surface area (Å²) in [7, 11) is 0. The standard InChI is InChI=1S/C16H22BrN3O/c1-3-8-20-16(14(17)11-19-20)15(18)12-6-5-7-13(10-12)21-9-4-2/h5-7,10-11,15H,3-4,8-9,18H2,1-2H3. The number of halogens is 1. The number of rotatable bonds is 7. The van der Waals surface area contributed by atoms with Gasteiger partial charge >= 0.3 is 0 Å². The topological polar surface area (TPSA) is 53.1 Å². The van der Waals surface area contributed by atoms with Crippen LogP contribution in [0.15, 0.2) is 34.9 Å². The van der Waals surface area contributed by atoms with Crippen LogP contribution in [0.4, 0.5) is 0 Å². The van der Waals surface area contributed by atoms with Gasteiger partial charge in [-0.1, -0.05) is 26.0 Å². The van der Waals surface area contributed by atoms with Gasteiger partial charge in [0.05, 0.1) is 29.0 Å². The van der Waals surface area contributed by atoms with Crippen molar-refractivity contribution in [3.8, 4) is 5.75 Å². The first-order valence-electron chi connectivity index (χ1n) is 7.36. The number of nitrogens with two attached hydrogens (primary N) is 1. The van der Waals surface area contributed by atoms with Gasteiger partial charge in [0.1, 0.15) is 5.75 Å². The van der Waals surface area contributed by atoms with E-state index in [4.69, 9.17) is 10.5 Å². The zero-order chi connectivity index (χ0) is 15.2. The second kappa shape index (κ2) is 7.61. The van der Waals surface area contributed by atoms with Gasteiger partial charge < -0.3 is 10.5 Å². The van der Waals surface area contributed by atoms with Crippen LogP contribution in [0.2, 0.25) is 0 Å². The number of benzene rings is 1. The molecule has 5 heteroatoms. The Morgan fingerprint density at radius 2 is 2.14 bits per heavy atom. The smallest absolute Gasteiger partial charge is 0.119 e. The summed E-state index contributed by atoms with van der Waals surface area (Å²) in [5.74, 6) is 0.863. The molecule has 0 saturated heterocycles. The molecule has 1 aromatic heterocycles. The van der Waals surface area contributed by atoms with E-state index in [0.29, 0.717) is 0 Å². The maximum absolute atomic E-state index is 6.44. The fraction of sp³-hybridized carbons (Fsp3) is 0.438. The first-order chi connectivity index (χ1) is 10.2. The lowest BCUT2D eigenvalue weighted by molar-refractivity contribution is 0.317. The molecule has 0 amide bonds. The first kappa shape index (κ1) is 16.0. The summed E-state index contributed by atoms with van der Waals surface area (Å²) in [4.78, 5) is 0. The Kier molecular flexibility index (Phi) is 5.82. The summed E-state index contributed by atoms with van der Waals surface area (Å²) in [5, 5.41) is 4.38. The highest BCUT2D eigenvalue weighted by molar-refractivity contribution is 9.10. The Bertz CT molecular complexity index is 583. The fourth-order valence-electron chi connectivity index (χ4n) is 2.25. The molecule has 2 N–H and O–H groups in total. The van der Waals surface area contributed by atoms with Gasteiger partial charge in [0.15, 0.2) is 0 Å². The lowest BCUT2D eigenvalue weighted by Gasteiger charge is -2.16. The number of hydrogen-bond donors (Lipinski definition) is 1. The Labute approximate surface area is 134 Å². The number of nitrogens with zero attached hydrogens (tertiary/aromatic N) is 2. The van der Waals surface area contributed by atoms with Crippen LogP contribution in [0.1, 0.15) is 44.0 Å². The van der Waals surface area contributed by atoms with Crippen LogP contribution < -0.4 is 10.5 Å². The SMILES string of the molecule is CCCOc1cccc(C(N)c2c(Br)cnn2CCC)c1. The van der Waals surface area contributed by atoms with Crippen molar-refractivity contribution in [2.24, 2.45) is 5.73 Å². The third kappa shape index (κ3) is 3.86. The van der Waals surface area contributed by atoms with Crippen molar-refractivity contribution in [2.45, 2.75) is 39.3 Å². The Hall–Kier alpha value is -1.33. The van der Waals surface area contributed by atoms with Gasteiger partial charge in [0.2, 0.25) is 0 Å². The molecule has 0 fully saturated rings. The van der Waals surface area contributed by atoms with Crippen LogP contribution in [-0.2, 0) is 6.54 Å². The van der Waals surface area contributed by atoms with E-state index in [2.05, 4.69) is 34.9 Å². The molecule has 0 spiro atoms. The minimum Gasteiger partial charge on any atom is -0.494 e. The highest BCUT2D eigenvalue weighted by Crippen LogP contribution is 2.28. The average molecular weight is 352 g/mol. The zero-order valence-corrected chi connectivity index (χ0v) is 14.1. The molecule has 1 aromatic carbocycles. The van der Waals surface area contributed by atoms with Crippen molar-refractivity contribution in [2.75, 3.05) is 6.61 Å². The quantitative estimate of drug-likeness (QED) is 0.822. The maximum atomic E-state index is 6.44. The van der Waals surface area contributed by atoms with Gasteiger partial charge in [-0.25, -0.2) is 0 Å². The third-order valence-electron chi connectivity index (χ3n) is 3.25. The van der Waals surface area contributed by atoms with E-state index in [1.807, 2.05) is 35.1 Å². The van der Waals surface area contributed by atoms with E-state index in [0.717, 1.165) is 47.5 Å². The first-order valence-corrected chi connectivity index (χ1v) is 8.16. The highest BCUT2D eigenvalue weighted by Gasteiger charge is 2.18. The van der Waals surface area contributed by atoms with Gasteiger partial charge in [0.25, 0.3) is 0 Å². The second-order valence-electron chi connectivity index (χ2n) is 5.00. The number of aromatic nitrogens is 2. The molecule has 0 saturated carbocycles. The Morgan fingerprint density at radius 1 is 1.33 bits per heavy atom. The highest BCUT2D eigenvalue weighted by atomic mass is 79.9. The summed E-state index contributed by atoms with van der Waals surface area (Å²) in [6.07, 6.45) is 3.82. The summed E-state index contributed by atoms with van der Waals surface area (Å²) < 4.78 is 8.60. The van der Waals surface area contributed by atoms with Gasteiger partial charge in [0, 0.05) is 6.54 Å². The van der Waals surface area contributed by atoms with Crippen molar-refractivity contribution in [1.82, 2.24) is 9.78 Å². The van der Waals surface area contributed by atoms with Crippen molar-refractivity contribution in [3.05, 3.63) is 46.2 Å². The largest absolute Gasteiger partial charge is 0.494 e. The molecule has 4 nitrogen and oxygen atoms in total. The zero-order valence-electron chi connectivity index (χ0n) is 12.6.